The quantitative estimate of drug-likeness (QED) is 0.776. The Bertz CT molecular complexity index is 627. The molecule has 1 saturated carbocycles. The normalized spacial score (nSPS) is 21.2. The average Bonchev–Trinajstić information content (AvgIpc) is 3.22. The summed E-state index contributed by atoms with van der Waals surface area (Å²) in [4.78, 5) is 14.8. The summed E-state index contributed by atoms with van der Waals surface area (Å²) in [6, 6.07) is 5.93. The van der Waals surface area contributed by atoms with Gasteiger partial charge in [0, 0.05) is 19.0 Å². The molecule has 0 unspecified atom stereocenters. The van der Waals surface area contributed by atoms with Gasteiger partial charge in [0.2, 0.25) is 0 Å². The maximum Gasteiger partial charge on any atom is 0.492 e. The Morgan fingerprint density at radius 1 is 1.04 bits per heavy atom. The van der Waals surface area contributed by atoms with E-state index in [0.29, 0.717) is 5.56 Å². The number of carbonyl (C=O) groups is 1. The van der Waals surface area contributed by atoms with Gasteiger partial charge in [0.25, 0.3) is 0 Å². The number of benzene rings is 1. The van der Waals surface area contributed by atoms with E-state index in [1.54, 1.807) is 12.1 Å². The number of carbonyl (C=O) groups excluding carboxylic acids is 1. The van der Waals surface area contributed by atoms with Crippen LogP contribution in [-0.4, -0.2) is 36.5 Å². The van der Waals surface area contributed by atoms with E-state index in [1.807, 2.05) is 0 Å². The first-order chi connectivity index (χ1) is 11.0. The van der Waals surface area contributed by atoms with Gasteiger partial charge in [0.15, 0.2) is 0 Å². The summed E-state index contributed by atoms with van der Waals surface area (Å²) in [5.74, 6) is -2.46. The molecule has 9 heteroatoms. The van der Waals surface area contributed by atoms with Crippen molar-refractivity contribution in [2.24, 2.45) is 0 Å². The molecule has 0 N–H and O–H groups in total. The molecule has 1 saturated heterocycles. The van der Waals surface area contributed by atoms with Crippen molar-refractivity contribution in [3.05, 3.63) is 35.4 Å². The van der Waals surface area contributed by atoms with Crippen LogP contribution in [0.15, 0.2) is 24.3 Å². The highest BCUT2D eigenvalue weighted by molar-refractivity contribution is 5.75. The topological polar surface area (TPSA) is 29.5 Å². The van der Waals surface area contributed by atoms with Crippen molar-refractivity contribution in [3.8, 4) is 0 Å². The molecule has 0 aromatic heterocycles. The predicted octanol–water partition coefficient (Wildman–Crippen LogP) is 3.70. The number of alkyl halides is 6. The zero-order valence-corrected chi connectivity index (χ0v) is 12.2. The van der Waals surface area contributed by atoms with Gasteiger partial charge < -0.3 is 4.84 Å². The molecule has 0 amide bonds. The highest BCUT2D eigenvalue weighted by Crippen LogP contribution is 2.58. The number of rotatable bonds is 3. The smallest absolute Gasteiger partial charge is 0.361 e. The summed E-state index contributed by atoms with van der Waals surface area (Å²) in [5, 5.41) is 0.881. The maximum atomic E-state index is 13.0. The predicted molar refractivity (Wildman–Crippen MR) is 69.9 cm³/mol. The summed E-state index contributed by atoms with van der Waals surface area (Å²) >= 11 is 0. The first-order valence-corrected chi connectivity index (χ1v) is 7.24. The van der Waals surface area contributed by atoms with Gasteiger partial charge in [-0.1, -0.05) is 24.3 Å². The molecule has 1 aliphatic carbocycles. The Morgan fingerprint density at radius 2 is 1.58 bits per heavy atom. The van der Waals surface area contributed by atoms with Crippen LogP contribution in [0.4, 0.5) is 26.3 Å². The van der Waals surface area contributed by atoms with E-state index in [9.17, 15) is 31.1 Å². The molecule has 1 aliphatic heterocycles. The molecule has 2 aliphatic rings. The molecule has 0 spiro atoms. The monoisotopic (exact) mass is 353 g/mol. The number of hydrogen-bond acceptors (Lipinski definition) is 3. The largest absolute Gasteiger partial charge is 0.492 e. The lowest BCUT2D eigenvalue weighted by molar-refractivity contribution is -0.253. The molecule has 3 nitrogen and oxygen atoms in total. The average molecular weight is 353 g/mol. The molecule has 2 fully saturated rings. The molecular formula is C15H13F6NO2. The van der Waals surface area contributed by atoms with Crippen molar-refractivity contribution >= 4 is 5.97 Å². The Hall–Kier alpha value is -1.77. The molecular weight excluding hydrogens is 340 g/mol. The molecule has 0 bridgehead atoms. The van der Waals surface area contributed by atoms with E-state index in [-0.39, 0.29) is 37.4 Å². The van der Waals surface area contributed by atoms with Crippen LogP contribution in [0.25, 0.3) is 0 Å². The lowest BCUT2D eigenvalue weighted by Gasteiger charge is -2.37. The van der Waals surface area contributed by atoms with E-state index in [0.717, 1.165) is 5.06 Å². The molecule has 3 rings (SSSR count). The van der Waals surface area contributed by atoms with Crippen LogP contribution in [0, 0.1) is 0 Å². The van der Waals surface area contributed by atoms with Gasteiger partial charge in [-0.15, -0.1) is 5.06 Å². The zero-order valence-electron chi connectivity index (χ0n) is 12.2. The molecule has 0 radical (unpaired) electrons. The van der Waals surface area contributed by atoms with Crippen molar-refractivity contribution < 1.29 is 36.0 Å². The first kappa shape index (κ1) is 17.1. The van der Waals surface area contributed by atoms with Crippen LogP contribution < -0.4 is 0 Å². The Kier molecular flexibility index (Phi) is 3.82. The van der Waals surface area contributed by atoms with E-state index in [1.165, 1.54) is 12.1 Å². The summed E-state index contributed by atoms with van der Waals surface area (Å²) in [5.41, 5.74) is -0.839. The fraction of sp³-hybridized carbons (Fsp3) is 0.533. The van der Waals surface area contributed by atoms with Gasteiger partial charge in [-0.2, -0.15) is 26.3 Å². The van der Waals surface area contributed by atoms with Gasteiger partial charge in [-0.05, 0) is 24.0 Å². The summed E-state index contributed by atoms with van der Waals surface area (Å²) in [6.45, 7) is 0.150. The van der Waals surface area contributed by atoms with Gasteiger partial charge in [0.05, 0.1) is 5.41 Å². The van der Waals surface area contributed by atoms with E-state index < -0.39 is 23.7 Å². The minimum atomic E-state index is -5.05. The van der Waals surface area contributed by atoms with Gasteiger partial charge in [0.1, 0.15) is 0 Å². The van der Waals surface area contributed by atoms with Crippen molar-refractivity contribution in [2.45, 2.75) is 36.5 Å². The highest BCUT2D eigenvalue weighted by atomic mass is 19.4. The third-order valence-electron chi connectivity index (χ3n) is 4.52. The number of hydroxylamine groups is 2. The van der Waals surface area contributed by atoms with Crippen LogP contribution in [-0.2, 0) is 15.0 Å². The minimum Gasteiger partial charge on any atom is -0.361 e. The van der Waals surface area contributed by atoms with Gasteiger partial charge >= 0.3 is 18.3 Å². The fourth-order valence-electron chi connectivity index (χ4n) is 2.83. The molecule has 132 valence electrons. The van der Waals surface area contributed by atoms with Crippen LogP contribution in [0.5, 0.6) is 0 Å². The van der Waals surface area contributed by atoms with Gasteiger partial charge in [-0.25, -0.2) is 4.79 Å². The highest BCUT2D eigenvalue weighted by Gasteiger charge is 2.64. The van der Waals surface area contributed by atoms with Gasteiger partial charge in [-0.3, -0.25) is 0 Å². The number of hydrogen-bond donors (Lipinski definition) is 0. The third-order valence-corrected chi connectivity index (χ3v) is 4.52. The molecule has 1 aromatic rings. The second-order valence-electron chi connectivity index (χ2n) is 6.12. The summed E-state index contributed by atoms with van der Waals surface area (Å²) in [6.07, 6.45) is -9.20. The van der Waals surface area contributed by atoms with Crippen LogP contribution in [0.3, 0.4) is 0 Å². The second-order valence-corrected chi connectivity index (χ2v) is 6.12. The number of halogens is 6. The lowest BCUT2D eigenvalue weighted by atomic mass is 9.89. The minimum absolute atomic E-state index is 0.0699. The third kappa shape index (κ3) is 2.97. The SMILES string of the molecule is O=C(ON1CC(c2ccc(C3(C(F)(F)F)CC3)cc2)C1)C(F)(F)F. The Morgan fingerprint density at radius 3 is 2.00 bits per heavy atom. The van der Waals surface area contributed by atoms with Crippen LogP contribution in [0.2, 0.25) is 0 Å². The van der Waals surface area contributed by atoms with Crippen molar-refractivity contribution in [3.63, 3.8) is 0 Å². The van der Waals surface area contributed by atoms with Crippen LogP contribution in [0.1, 0.15) is 29.9 Å². The lowest BCUT2D eigenvalue weighted by Crippen LogP contribution is -2.47. The van der Waals surface area contributed by atoms with Crippen LogP contribution >= 0.6 is 0 Å². The first-order valence-electron chi connectivity index (χ1n) is 7.24. The summed E-state index contributed by atoms with van der Waals surface area (Å²) < 4.78 is 75.3. The fourth-order valence-corrected chi connectivity index (χ4v) is 2.83. The van der Waals surface area contributed by atoms with E-state index in [4.69, 9.17) is 0 Å². The van der Waals surface area contributed by atoms with E-state index in [2.05, 4.69) is 4.84 Å². The van der Waals surface area contributed by atoms with E-state index >= 15 is 0 Å². The molecule has 1 heterocycles. The second kappa shape index (κ2) is 5.37. The molecule has 24 heavy (non-hydrogen) atoms. The Balaban J connectivity index is 1.58. The zero-order chi connectivity index (χ0) is 17.8. The number of nitrogens with zero attached hydrogens (tertiary/aromatic N) is 1. The molecule has 1 aromatic carbocycles. The maximum absolute atomic E-state index is 13.0. The van der Waals surface area contributed by atoms with Crippen molar-refractivity contribution in [1.29, 1.82) is 0 Å². The van der Waals surface area contributed by atoms with Crippen molar-refractivity contribution in [2.75, 3.05) is 13.1 Å². The Labute approximate surface area is 133 Å². The summed E-state index contributed by atoms with van der Waals surface area (Å²) in [7, 11) is 0. The standard InChI is InChI=1S/C15H13F6NO2/c16-14(17,18)12(23)24-22-7-10(8-22)9-1-3-11(4-2-9)13(5-6-13)15(19,20)21/h1-4,10H,5-8H2. The van der Waals surface area contributed by atoms with Crippen molar-refractivity contribution in [1.82, 2.24) is 5.06 Å². The molecule has 0 atom stereocenters.